The summed E-state index contributed by atoms with van der Waals surface area (Å²) in [5.74, 6) is 0.994. The first-order valence-electron chi connectivity index (χ1n) is 5.90. The van der Waals surface area contributed by atoms with Crippen molar-refractivity contribution in [2.75, 3.05) is 7.11 Å². The molecule has 2 atom stereocenters. The molecular weight excluding hydrogens is 273 g/mol. The minimum absolute atomic E-state index is 0. The molecule has 0 amide bonds. The summed E-state index contributed by atoms with van der Waals surface area (Å²) in [4.78, 5) is 0. The molecule has 0 radical (unpaired) electrons. The lowest BCUT2D eigenvalue weighted by Gasteiger charge is -2.34. The molecule has 5 heteroatoms. The zero-order valence-electron chi connectivity index (χ0n) is 10.3. The maximum Gasteiger partial charge on any atom is 0.123 e. The van der Waals surface area contributed by atoms with Crippen molar-refractivity contribution in [3.8, 4) is 5.75 Å². The van der Waals surface area contributed by atoms with Crippen LogP contribution in [0.15, 0.2) is 18.2 Å². The summed E-state index contributed by atoms with van der Waals surface area (Å²) >= 11 is 5.96. The predicted molar refractivity (Wildman–Crippen MR) is 75.5 cm³/mol. The lowest BCUT2D eigenvalue weighted by Crippen LogP contribution is -2.36. The zero-order valence-corrected chi connectivity index (χ0v) is 11.9. The van der Waals surface area contributed by atoms with Crippen LogP contribution in [0.3, 0.4) is 0 Å². The average molecular weight is 292 g/mol. The SMILES string of the molecule is COc1ccc(Cl)cc1[C@@H](N)[C@@H](O)C1CCC1.Cl. The van der Waals surface area contributed by atoms with Gasteiger partial charge in [-0.25, -0.2) is 0 Å². The molecular formula is C13H19Cl2NO2. The largest absolute Gasteiger partial charge is 0.496 e. The summed E-state index contributed by atoms with van der Waals surface area (Å²) in [7, 11) is 1.59. The fourth-order valence-corrected chi connectivity index (χ4v) is 2.40. The molecule has 2 rings (SSSR count). The molecule has 0 unspecified atom stereocenters. The van der Waals surface area contributed by atoms with Crippen LogP contribution in [-0.4, -0.2) is 18.3 Å². The molecule has 1 fully saturated rings. The molecule has 1 aliphatic carbocycles. The fraction of sp³-hybridized carbons (Fsp3) is 0.538. The molecule has 102 valence electrons. The van der Waals surface area contributed by atoms with Crippen molar-refractivity contribution in [1.29, 1.82) is 0 Å². The number of benzene rings is 1. The third-order valence-electron chi connectivity index (χ3n) is 3.55. The highest BCUT2D eigenvalue weighted by Crippen LogP contribution is 2.37. The van der Waals surface area contributed by atoms with Gasteiger partial charge in [-0.3, -0.25) is 0 Å². The summed E-state index contributed by atoms with van der Waals surface area (Å²) < 4.78 is 5.25. The van der Waals surface area contributed by atoms with Gasteiger partial charge in [-0.1, -0.05) is 18.0 Å². The van der Waals surface area contributed by atoms with Crippen LogP contribution in [0.25, 0.3) is 0 Å². The van der Waals surface area contributed by atoms with Gasteiger partial charge < -0.3 is 15.6 Å². The average Bonchev–Trinajstić information content (AvgIpc) is 2.25. The number of hydrogen-bond acceptors (Lipinski definition) is 3. The highest BCUT2D eigenvalue weighted by atomic mass is 35.5. The molecule has 0 aromatic heterocycles. The Kier molecular flexibility index (Phi) is 5.73. The van der Waals surface area contributed by atoms with Gasteiger partial charge >= 0.3 is 0 Å². The summed E-state index contributed by atoms with van der Waals surface area (Å²) in [6.45, 7) is 0. The topological polar surface area (TPSA) is 55.5 Å². The molecule has 0 aliphatic heterocycles. The van der Waals surface area contributed by atoms with Crippen molar-refractivity contribution in [2.45, 2.75) is 31.4 Å². The van der Waals surface area contributed by atoms with Crippen LogP contribution < -0.4 is 10.5 Å². The van der Waals surface area contributed by atoms with Crippen LogP contribution in [0.1, 0.15) is 30.9 Å². The molecule has 1 aromatic rings. The summed E-state index contributed by atoms with van der Waals surface area (Å²) in [6.07, 6.45) is 2.77. The molecule has 0 heterocycles. The van der Waals surface area contributed by atoms with E-state index in [0.717, 1.165) is 18.4 Å². The molecule has 1 aliphatic rings. The molecule has 3 N–H and O–H groups in total. The smallest absolute Gasteiger partial charge is 0.123 e. The summed E-state index contributed by atoms with van der Waals surface area (Å²) in [5, 5.41) is 10.8. The lowest BCUT2D eigenvalue weighted by molar-refractivity contribution is 0.0407. The first kappa shape index (κ1) is 15.6. The van der Waals surface area contributed by atoms with Crippen molar-refractivity contribution in [3.63, 3.8) is 0 Å². The van der Waals surface area contributed by atoms with Crippen LogP contribution in [-0.2, 0) is 0 Å². The third kappa shape index (κ3) is 3.09. The molecule has 3 nitrogen and oxygen atoms in total. The van der Waals surface area contributed by atoms with E-state index in [9.17, 15) is 5.11 Å². The third-order valence-corrected chi connectivity index (χ3v) is 3.79. The van der Waals surface area contributed by atoms with E-state index in [2.05, 4.69) is 0 Å². The molecule has 18 heavy (non-hydrogen) atoms. The Morgan fingerprint density at radius 3 is 2.61 bits per heavy atom. The number of aliphatic hydroxyl groups excluding tert-OH is 1. The molecule has 0 saturated heterocycles. The van der Waals surface area contributed by atoms with E-state index < -0.39 is 12.1 Å². The normalized spacial score (nSPS) is 18.4. The number of nitrogens with two attached hydrogens (primary N) is 1. The van der Waals surface area contributed by atoms with E-state index in [1.54, 1.807) is 25.3 Å². The highest BCUT2D eigenvalue weighted by Gasteiger charge is 2.31. The highest BCUT2D eigenvalue weighted by molar-refractivity contribution is 6.30. The molecule has 0 bridgehead atoms. The number of hydrogen-bond donors (Lipinski definition) is 2. The predicted octanol–water partition coefficient (Wildman–Crippen LogP) is 2.93. The number of ether oxygens (including phenoxy) is 1. The van der Waals surface area contributed by atoms with Gasteiger partial charge in [0, 0.05) is 10.6 Å². The standard InChI is InChI=1S/C13H18ClNO2.ClH/c1-17-11-6-5-9(14)7-10(11)12(15)13(16)8-3-2-4-8;/h5-8,12-13,16H,2-4,15H2,1H3;1H/t12-,13+;/m1./s1. The molecule has 1 aromatic carbocycles. The number of aliphatic hydroxyl groups is 1. The Morgan fingerprint density at radius 1 is 1.44 bits per heavy atom. The van der Waals surface area contributed by atoms with Gasteiger partial charge in [-0.15, -0.1) is 12.4 Å². The maximum absolute atomic E-state index is 10.2. The van der Waals surface area contributed by atoms with Crippen molar-refractivity contribution >= 4 is 24.0 Å². The first-order valence-corrected chi connectivity index (χ1v) is 6.28. The Hall–Kier alpha value is -0.480. The van der Waals surface area contributed by atoms with E-state index in [1.165, 1.54) is 6.42 Å². The Labute approximate surface area is 119 Å². The van der Waals surface area contributed by atoms with Gasteiger partial charge in [0.1, 0.15) is 5.75 Å². The van der Waals surface area contributed by atoms with Gasteiger partial charge in [0.05, 0.1) is 19.3 Å². The van der Waals surface area contributed by atoms with E-state index in [0.29, 0.717) is 16.7 Å². The van der Waals surface area contributed by atoms with E-state index >= 15 is 0 Å². The van der Waals surface area contributed by atoms with Crippen LogP contribution in [0.2, 0.25) is 5.02 Å². The fourth-order valence-electron chi connectivity index (χ4n) is 2.22. The van der Waals surface area contributed by atoms with Gasteiger partial charge in [0.25, 0.3) is 0 Å². The monoisotopic (exact) mass is 291 g/mol. The Bertz CT molecular complexity index is 397. The second kappa shape index (κ2) is 6.62. The second-order valence-electron chi connectivity index (χ2n) is 4.59. The number of rotatable bonds is 4. The van der Waals surface area contributed by atoms with Crippen molar-refractivity contribution in [2.24, 2.45) is 11.7 Å². The molecule has 0 spiro atoms. The van der Waals surface area contributed by atoms with Gasteiger partial charge in [-0.2, -0.15) is 0 Å². The quantitative estimate of drug-likeness (QED) is 0.897. The van der Waals surface area contributed by atoms with Crippen molar-refractivity contribution in [1.82, 2.24) is 0 Å². The lowest BCUT2D eigenvalue weighted by atomic mass is 9.77. The zero-order chi connectivity index (χ0) is 12.4. The van der Waals surface area contributed by atoms with Gasteiger partial charge in [-0.05, 0) is 37.0 Å². The van der Waals surface area contributed by atoms with Crippen molar-refractivity contribution in [3.05, 3.63) is 28.8 Å². The van der Waals surface area contributed by atoms with Crippen LogP contribution in [0.4, 0.5) is 0 Å². The first-order chi connectivity index (χ1) is 8.13. The number of halogens is 2. The maximum atomic E-state index is 10.2. The summed E-state index contributed by atoms with van der Waals surface area (Å²) in [5.41, 5.74) is 6.88. The van der Waals surface area contributed by atoms with Crippen LogP contribution >= 0.6 is 24.0 Å². The number of methoxy groups -OCH3 is 1. The van der Waals surface area contributed by atoms with Gasteiger partial charge in [0.15, 0.2) is 0 Å². The second-order valence-corrected chi connectivity index (χ2v) is 5.03. The van der Waals surface area contributed by atoms with Crippen LogP contribution in [0, 0.1) is 5.92 Å². The van der Waals surface area contributed by atoms with E-state index in [-0.39, 0.29) is 12.4 Å². The molecule has 1 saturated carbocycles. The van der Waals surface area contributed by atoms with Crippen molar-refractivity contribution < 1.29 is 9.84 Å². The minimum atomic E-state index is -0.517. The van der Waals surface area contributed by atoms with Gasteiger partial charge in [0.2, 0.25) is 0 Å². The van der Waals surface area contributed by atoms with Crippen LogP contribution in [0.5, 0.6) is 5.75 Å². The van der Waals surface area contributed by atoms with E-state index in [4.69, 9.17) is 22.1 Å². The Morgan fingerprint density at radius 2 is 2.11 bits per heavy atom. The Balaban J connectivity index is 0.00000162. The minimum Gasteiger partial charge on any atom is -0.496 e. The van der Waals surface area contributed by atoms with E-state index in [1.807, 2.05) is 0 Å². The summed E-state index contributed by atoms with van der Waals surface area (Å²) in [6, 6.07) is 4.87.